The van der Waals surface area contributed by atoms with Crippen LogP contribution in [0.1, 0.15) is 25.3 Å². The maximum atomic E-state index is 12.6. The summed E-state index contributed by atoms with van der Waals surface area (Å²) in [6, 6.07) is 5.08. The van der Waals surface area contributed by atoms with E-state index in [4.69, 9.17) is 10.5 Å². The number of sulfonamides is 1. The Morgan fingerprint density at radius 3 is 2.86 bits per heavy atom. The standard InChI is InChI=1S/C14H20N2O3S.ClH/c1-10-7-11-8-13(4-5-14(11)19-10)20(17,18)16-6-2-3-12(15)9-16;/h4-5,8,10,12H,2-3,6-7,9,15H2,1H3;1H. The van der Waals surface area contributed by atoms with Gasteiger partial charge in [0.15, 0.2) is 0 Å². The highest BCUT2D eigenvalue weighted by Crippen LogP contribution is 2.32. The van der Waals surface area contributed by atoms with Crippen molar-refractivity contribution < 1.29 is 13.2 Å². The first kappa shape index (κ1) is 16.5. The second-order valence-electron chi connectivity index (χ2n) is 5.67. The first-order valence-electron chi connectivity index (χ1n) is 7.02. The molecule has 7 heteroatoms. The maximum absolute atomic E-state index is 12.6. The molecule has 1 aromatic carbocycles. The number of hydrogen-bond acceptors (Lipinski definition) is 4. The van der Waals surface area contributed by atoms with Crippen molar-refractivity contribution in [2.45, 2.75) is 43.2 Å². The second kappa shape index (κ2) is 6.12. The van der Waals surface area contributed by atoms with E-state index in [1.807, 2.05) is 6.92 Å². The van der Waals surface area contributed by atoms with Gasteiger partial charge in [0.05, 0.1) is 4.90 Å². The van der Waals surface area contributed by atoms with Crippen LogP contribution in [0.2, 0.25) is 0 Å². The normalized spacial score (nSPS) is 25.8. The van der Waals surface area contributed by atoms with Crippen molar-refractivity contribution in [2.24, 2.45) is 5.73 Å². The molecular formula is C14H21ClN2O3S. The van der Waals surface area contributed by atoms with Crippen LogP contribution in [0.25, 0.3) is 0 Å². The molecule has 1 fully saturated rings. The fraction of sp³-hybridized carbons (Fsp3) is 0.571. The maximum Gasteiger partial charge on any atom is 0.243 e. The van der Waals surface area contributed by atoms with Crippen LogP contribution in [0, 0.1) is 0 Å². The molecule has 0 radical (unpaired) electrons. The minimum Gasteiger partial charge on any atom is -0.490 e. The molecule has 0 spiro atoms. The Bertz CT molecular complexity index is 621. The number of nitrogens with zero attached hydrogens (tertiary/aromatic N) is 1. The molecule has 1 saturated heterocycles. The van der Waals surface area contributed by atoms with Gasteiger partial charge in [-0.1, -0.05) is 0 Å². The van der Waals surface area contributed by atoms with Crippen molar-refractivity contribution in [3.8, 4) is 5.75 Å². The lowest BCUT2D eigenvalue weighted by atomic mass is 10.1. The van der Waals surface area contributed by atoms with Gasteiger partial charge < -0.3 is 10.5 Å². The van der Waals surface area contributed by atoms with E-state index in [0.717, 1.165) is 30.6 Å². The molecule has 21 heavy (non-hydrogen) atoms. The van der Waals surface area contributed by atoms with Gasteiger partial charge in [-0.15, -0.1) is 12.4 Å². The number of halogens is 1. The lowest BCUT2D eigenvalue weighted by molar-refractivity contribution is 0.254. The summed E-state index contributed by atoms with van der Waals surface area (Å²) in [7, 11) is -3.44. The van der Waals surface area contributed by atoms with E-state index in [2.05, 4.69) is 0 Å². The van der Waals surface area contributed by atoms with Crippen LogP contribution in [-0.4, -0.2) is 38.0 Å². The SMILES string of the molecule is CC1Cc2cc(S(=O)(=O)N3CCCC(N)C3)ccc2O1.Cl. The zero-order chi connectivity index (χ0) is 14.3. The van der Waals surface area contributed by atoms with Crippen LogP contribution in [0.15, 0.2) is 23.1 Å². The summed E-state index contributed by atoms with van der Waals surface area (Å²) < 4.78 is 32.4. The fourth-order valence-corrected chi connectivity index (χ4v) is 4.49. The van der Waals surface area contributed by atoms with Gasteiger partial charge in [0.1, 0.15) is 11.9 Å². The number of piperidine rings is 1. The molecule has 0 saturated carbocycles. The largest absolute Gasteiger partial charge is 0.490 e. The van der Waals surface area contributed by atoms with Crippen molar-refractivity contribution in [3.05, 3.63) is 23.8 Å². The molecule has 2 atom stereocenters. The van der Waals surface area contributed by atoms with Gasteiger partial charge >= 0.3 is 0 Å². The third-order valence-electron chi connectivity index (χ3n) is 3.93. The van der Waals surface area contributed by atoms with Gasteiger partial charge in [0, 0.05) is 25.6 Å². The molecule has 0 amide bonds. The van der Waals surface area contributed by atoms with E-state index in [0.29, 0.717) is 18.0 Å². The first-order chi connectivity index (χ1) is 9.46. The monoisotopic (exact) mass is 332 g/mol. The second-order valence-corrected chi connectivity index (χ2v) is 7.61. The van der Waals surface area contributed by atoms with Crippen molar-refractivity contribution >= 4 is 22.4 Å². The number of rotatable bonds is 2. The lowest BCUT2D eigenvalue weighted by Gasteiger charge is -2.29. The van der Waals surface area contributed by atoms with Crippen LogP contribution in [-0.2, 0) is 16.4 Å². The highest BCUT2D eigenvalue weighted by Gasteiger charge is 2.30. The van der Waals surface area contributed by atoms with Crippen LogP contribution in [0.3, 0.4) is 0 Å². The molecule has 3 rings (SSSR count). The molecule has 1 aromatic rings. The summed E-state index contributed by atoms with van der Waals surface area (Å²) in [5.74, 6) is 0.798. The van der Waals surface area contributed by atoms with Gasteiger partial charge in [-0.3, -0.25) is 0 Å². The van der Waals surface area contributed by atoms with E-state index in [-0.39, 0.29) is 24.6 Å². The molecule has 0 bridgehead atoms. The van der Waals surface area contributed by atoms with Crippen molar-refractivity contribution in [2.75, 3.05) is 13.1 Å². The van der Waals surface area contributed by atoms with Gasteiger partial charge in [-0.25, -0.2) is 8.42 Å². The average Bonchev–Trinajstić information content (AvgIpc) is 2.77. The number of hydrogen-bond donors (Lipinski definition) is 1. The van der Waals surface area contributed by atoms with Gasteiger partial charge in [0.25, 0.3) is 0 Å². The Labute approximate surface area is 131 Å². The number of nitrogens with two attached hydrogens (primary N) is 1. The zero-order valence-corrected chi connectivity index (χ0v) is 13.6. The molecule has 2 aliphatic heterocycles. The topological polar surface area (TPSA) is 72.6 Å². The summed E-state index contributed by atoms with van der Waals surface area (Å²) in [6.45, 7) is 2.95. The van der Waals surface area contributed by atoms with E-state index < -0.39 is 10.0 Å². The highest BCUT2D eigenvalue weighted by atomic mass is 35.5. The summed E-state index contributed by atoms with van der Waals surface area (Å²) in [5, 5.41) is 0. The van der Waals surface area contributed by atoms with E-state index in [1.165, 1.54) is 4.31 Å². The number of benzene rings is 1. The third kappa shape index (κ3) is 3.18. The molecule has 2 aliphatic rings. The Hall–Kier alpha value is -0.820. The summed E-state index contributed by atoms with van der Waals surface area (Å²) in [6.07, 6.45) is 2.59. The van der Waals surface area contributed by atoms with Crippen LogP contribution >= 0.6 is 12.4 Å². The van der Waals surface area contributed by atoms with Gasteiger partial charge in [0.2, 0.25) is 10.0 Å². The molecule has 5 nitrogen and oxygen atoms in total. The molecule has 0 aromatic heterocycles. The van der Waals surface area contributed by atoms with Gasteiger partial charge in [-0.2, -0.15) is 4.31 Å². The Morgan fingerprint density at radius 2 is 2.14 bits per heavy atom. The molecule has 0 aliphatic carbocycles. The van der Waals surface area contributed by atoms with Crippen LogP contribution in [0.5, 0.6) is 5.75 Å². The molecule has 2 heterocycles. The van der Waals surface area contributed by atoms with Gasteiger partial charge in [-0.05, 0) is 43.5 Å². The number of fused-ring (bicyclic) bond motifs is 1. The van der Waals surface area contributed by atoms with Crippen molar-refractivity contribution in [1.29, 1.82) is 0 Å². The fourth-order valence-electron chi connectivity index (χ4n) is 2.90. The quantitative estimate of drug-likeness (QED) is 0.891. The summed E-state index contributed by atoms with van der Waals surface area (Å²) in [5.41, 5.74) is 6.85. The molecular weight excluding hydrogens is 312 g/mol. The minimum atomic E-state index is -3.44. The van der Waals surface area contributed by atoms with E-state index in [1.54, 1.807) is 18.2 Å². The predicted molar refractivity (Wildman–Crippen MR) is 83.5 cm³/mol. The van der Waals surface area contributed by atoms with E-state index in [9.17, 15) is 8.42 Å². The lowest BCUT2D eigenvalue weighted by Crippen LogP contribution is -2.45. The van der Waals surface area contributed by atoms with E-state index >= 15 is 0 Å². The Morgan fingerprint density at radius 1 is 1.38 bits per heavy atom. The third-order valence-corrected chi connectivity index (χ3v) is 5.79. The van der Waals surface area contributed by atoms with Crippen molar-refractivity contribution in [3.63, 3.8) is 0 Å². The minimum absolute atomic E-state index is 0. The Kier molecular flexibility index (Phi) is 4.82. The van der Waals surface area contributed by atoms with Crippen LogP contribution in [0.4, 0.5) is 0 Å². The predicted octanol–water partition coefficient (Wildman–Crippen LogP) is 1.54. The van der Waals surface area contributed by atoms with Crippen LogP contribution < -0.4 is 10.5 Å². The Balaban J connectivity index is 0.00000161. The molecule has 118 valence electrons. The smallest absolute Gasteiger partial charge is 0.243 e. The average molecular weight is 333 g/mol. The van der Waals surface area contributed by atoms with Crippen molar-refractivity contribution in [1.82, 2.24) is 4.31 Å². The first-order valence-corrected chi connectivity index (χ1v) is 8.46. The zero-order valence-electron chi connectivity index (χ0n) is 12.0. The summed E-state index contributed by atoms with van der Waals surface area (Å²) >= 11 is 0. The summed E-state index contributed by atoms with van der Waals surface area (Å²) in [4.78, 5) is 0.350. The highest BCUT2D eigenvalue weighted by molar-refractivity contribution is 7.89. The molecule has 2 unspecified atom stereocenters. The number of ether oxygens (including phenoxy) is 1. The molecule has 2 N–H and O–H groups in total.